The minimum Gasteiger partial charge on any atom is -0.493 e. The molecule has 0 bridgehead atoms. The molecule has 0 spiro atoms. The van der Waals surface area contributed by atoms with Crippen LogP contribution in [0.4, 0.5) is 4.79 Å². The second-order valence-electron chi connectivity index (χ2n) is 7.15. The summed E-state index contributed by atoms with van der Waals surface area (Å²) in [7, 11) is 1.55. The summed E-state index contributed by atoms with van der Waals surface area (Å²) in [6, 6.07) is 20.3. The fourth-order valence-corrected chi connectivity index (χ4v) is 4.56. The molecule has 2 amide bonds. The molecule has 33 heavy (non-hydrogen) atoms. The first-order chi connectivity index (χ1) is 16.0. The summed E-state index contributed by atoms with van der Waals surface area (Å²) in [5.74, 6) is 0.650. The van der Waals surface area contributed by atoms with Gasteiger partial charge in [-0.1, -0.05) is 70.0 Å². The molecule has 168 valence electrons. The zero-order valence-corrected chi connectivity index (χ0v) is 20.7. The Morgan fingerprint density at radius 2 is 1.79 bits per heavy atom. The van der Waals surface area contributed by atoms with Gasteiger partial charge in [0.05, 0.1) is 18.6 Å². The SMILES string of the molecule is COc1cccc(/C=C2\SC(=O)N(Cc3ccc(Br)cc3)C2=O)c1OCc1ccccc1Cl. The Morgan fingerprint density at radius 3 is 2.52 bits per heavy atom. The van der Waals surface area contributed by atoms with Gasteiger partial charge in [-0.05, 0) is 47.7 Å². The molecular formula is C25H19BrClNO4S. The minimum absolute atomic E-state index is 0.212. The normalized spacial score (nSPS) is 14.8. The molecule has 1 saturated heterocycles. The van der Waals surface area contributed by atoms with E-state index in [-0.39, 0.29) is 24.3 Å². The third-order valence-electron chi connectivity index (χ3n) is 4.97. The van der Waals surface area contributed by atoms with E-state index in [1.54, 1.807) is 31.4 Å². The molecule has 0 unspecified atom stereocenters. The van der Waals surface area contributed by atoms with E-state index in [0.29, 0.717) is 27.0 Å². The summed E-state index contributed by atoms with van der Waals surface area (Å²) in [6.07, 6.45) is 1.66. The second-order valence-corrected chi connectivity index (χ2v) is 9.47. The van der Waals surface area contributed by atoms with Crippen molar-refractivity contribution < 1.29 is 19.1 Å². The lowest BCUT2D eigenvalue weighted by Crippen LogP contribution is -2.27. The van der Waals surface area contributed by atoms with Crippen molar-refractivity contribution in [3.05, 3.63) is 97.8 Å². The first-order valence-corrected chi connectivity index (χ1v) is 12.0. The number of thioether (sulfide) groups is 1. The molecule has 1 aliphatic rings. The number of methoxy groups -OCH3 is 1. The van der Waals surface area contributed by atoms with Crippen molar-refractivity contribution in [1.29, 1.82) is 0 Å². The van der Waals surface area contributed by atoms with Gasteiger partial charge in [-0.25, -0.2) is 0 Å². The number of ether oxygens (including phenoxy) is 2. The van der Waals surface area contributed by atoms with Crippen LogP contribution in [0.2, 0.25) is 5.02 Å². The third kappa shape index (κ3) is 5.43. The molecule has 4 rings (SSSR count). The van der Waals surface area contributed by atoms with E-state index in [0.717, 1.165) is 27.4 Å². The fourth-order valence-electron chi connectivity index (χ4n) is 3.28. The van der Waals surface area contributed by atoms with Gasteiger partial charge in [-0.3, -0.25) is 14.5 Å². The predicted molar refractivity (Wildman–Crippen MR) is 134 cm³/mol. The Morgan fingerprint density at radius 1 is 1.03 bits per heavy atom. The Labute approximate surface area is 209 Å². The van der Waals surface area contributed by atoms with Crippen LogP contribution in [0, 0.1) is 0 Å². The Kier molecular flexibility index (Phi) is 7.42. The maximum atomic E-state index is 13.0. The summed E-state index contributed by atoms with van der Waals surface area (Å²) >= 11 is 10.5. The van der Waals surface area contributed by atoms with E-state index in [2.05, 4.69) is 15.9 Å². The van der Waals surface area contributed by atoms with Crippen LogP contribution in [-0.2, 0) is 17.9 Å². The van der Waals surface area contributed by atoms with E-state index < -0.39 is 0 Å². The lowest BCUT2D eigenvalue weighted by Gasteiger charge is -2.14. The summed E-state index contributed by atoms with van der Waals surface area (Å²) in [6.45, 7) is 0.440. The van der Waals surface area contributed by atoms with E-state index in [9.17, 15) is 9.59 Å². The molecule has 1 aliphatic heterocycles. The predicted octanol–water partition coefficient (Wildman–Crippen LogP) is 6.93. The molecule has 0 N–H and O–H groups in total. The van der Waals surface area contributed by atoms with E-state index in [4.69, 9.17) is 21.1 Å². The summed E-state index contributed by atoms with van der Waals surface area (Å²) in [4.78, 5) is 27.1. The van der Waals surface area contributed by atoms with Gasteiger partial charge in [-0.2, -0.15) is 0 Å². The molecular weight excluding hydrogens is 526 g/mol. The quantitative estimate of drug-likeness (QED) is 0.302. The molecule has 3 aromatic carbocycles. The number of carbonyl (C=O) groups excluding carboxylic acids is 2. The van der Waals surface area contributed by atoms with Crippen LogP contribution in [-0.4, -0.2) is 23.2 Å². The maximum absolute atomic E-state index is 13.0. The minimum atomic E-state index is -0.340. The lowest BCUT2D eigenvalue weighted by atomic mass is 10.1. The van der Waals surface area contributed by atoms with Gasteiger partial charge < -0.3 is 9.47 Å². The molecule has 5 nitrogen and oxygen atoms in total. The van der Waals surface area contributed by atoms with Crippen molar-refractivity contribution in [3.63, 3.8) is 0 Å². The van der Waals surface area contributed by atoms with Gasteiger partial charge in [0.15, 0.2) is 11.5 Å². The highest BCUT2D eigenvalue weighted by Crippen LogP contribution is 2.38. The molecule has 0 saturated carbocycles. The van der Waals surface area contributed by atoms with Gasteiger partial charge >= 0.3 is 0 Å². The average molecular weight is 545 g/mol. The number of hydrogen-bond donors (Lipinski definition) is 0. The largest absolute Gasteiger partial charge is 0.493 e. The van der Waals surface area contributed by atoms with Gasteiger partial charge in [0, 0.05) is 20.6 Å². The average Bonchev–Trinajstić information content (AvgIpc) is 3.07. The molecule has 0 aromatic heterocycles. The van der Waals surface area contributed by atoms with Crippen LogP contribution < -0.4 is 9.47 Å². The van der Waals surface area contributed by atoms with Crippen LogP contribution in [0.3, 0.4) is 0 Å². The number of rotatable bonds is 7. The number of hydrogen-bond acceptors (Lipinski definition) is 5. The topological polar surface area (TPSA) is 55.8 Å². The van der Waals surface area contributed by atoms with E-state index in [1.165, 1.54) is 4.90 Å². The van der Waals surface area contributed by atoms with Crippen LogP contribution >= 0.6 is 39.3 Å². The first kappa shape index (κ1) is 23.4. The standard InChI is InChI=1S/C25H19BrClNO4S/c1-31-21-8-4-6-17(23(21)32-15-18-5-2-3-7-20(18)27)13-22-24(29)28(25(30)33-22)14-16-9-11-19(26)12-10-16/h2-13H,14-15H2,1H3/b22-13-. The van der Waals surface area contributed by atoms with Crippen LogP contribution in [0.25, 0.3) is 6.08 Å². The highest BCUT2D eigenvalue weighted by molar-refractivity contribution is 9.10. The van der Waals surface area contributed by atoms with Gasteiger partial charge in [0.1, 0.15) is 6.61 Å². The van der Waals surface area contributed by atoms with Gasteiger partial charge in [0.2, 0.25) is 0 Å². The number of nitrogens with zero attached hydrogens (tertiary/aromatic N) is 1. The maximum Gasteiger partial charge on any atom is 0.293 e. The summed E-state index contributed by atoms with van der Waals surface area (Å²) < 4.78 is 12.5. The number of amides is 2. The molecule has 0 aliphatic carbocycles. The number of imide groups is 1. The molecule has 0 radical (unpaired) electrons. The Bertz CT molecular complexity index is 1230. The van der Waals surface area contributed by atoms with Crippen molar-refractivity contribution >= 4 is 56.5 Å². The number of para-hydroxylation sites is 1. The molecule has 8 heteroatoms. The summed E-state index contributed by atoms with van der Waals surface area (Å²) in [5, 5.41) is 0.290. The summed E-state index contributed by atoms with van der Waals surface area (Å²) in [5.41, 5.74) is 2.33. The highest BCUT2D eigenvalue weighted by atomic mass is 79.9. The van der Waals surface area contributed by atoms with Crippen molar-refractivity contribution in [2.45, 2.75) is 13.2 Å². The molecule has 1 fully saturated rings. The van der Waals surface area contributed by atoms with Crippen molar-refractivity contribution in [3.8, 4) is 11.5 Å². The fraction of sp³-hybridized carbons (Fsp3) is 0.120. The van der Waals surface area contributed by atoms with Crippen molar-refractivity contribution in [1.82, 2.24) is 4.90 Å². The van der Waals surface area contributed by atoms with Crippen LogP contribution in [0.15, 0.2) is 76.1 Å². The first-order valence-electron chi connectivity index (χ1n) is 9.99. The number of halogens is 2. The zero-order chi connectivity index (χ0) is 23.4. The number of carbonyl (C=O) groups is 2. The molecule has 0 atom stereocenters. The highest BCUT2D eigenvalue weighted by Gasteiger charge is 2.35. The Hall–Kier alpha value is -2.74. The van der Waals surface area contributed by atoms with Gasteiger partial charge in [0.25, 0.3) is 11.1 Å². The second kappa shape index (κ2) is 10.5. The van der Waals surface area contributed by atoms with Crippen LogP contribution in [0.1, 0.15) is 16.7 Å². The van der Waals surface area contributed by atoms with Crippen molar-refractivity contribution in [2.75, 3.05) is 7.11 Å². The van der Waals surface area contributed by atoms with E-state index >= 15 is 0 Å². The molecule has 3 aromatic rings. The van der Waals surface area contributed by atoms with E-state index in [1.807, 2.05) is 48.5 Å². The zero-order valence-electron chi connectivity index (χ0n) is 17.6. The molecule has 1 heterocycles. The van der Waals surface area contributed by atoms with Crippen LogP contribution in [0.5, 0.6) is 11.5 Å². The third-order valence-corrected chi connectivity index (χ3v) is 6.78. The van der Waals surface area contributed by atoms with Crippen molar-refractivity contribution in [2.24, 2.45) is 0 Å². The van der Waals surface area contributed by atoms with Gasteiger partial charge in [-0.15, -0.1) is 0 Å². The monoisotopic (exact) mass is 543 g/mol. The Balaban J connectivity index is 1.59. The lowest BCUT2D eigenvalue weighted by molar-refractivity contribution is -0.123. The number of benzene rings is 3. The smallest absolute Gasteiger partial charge is 0.293 e.